The third kappa shape index (κ3) is 6.95. The van der Waals surface area contributed by atoms with Crippen LogP contribution in [0.4, 0.5) is 0 Å². The summed E-state index contributed by atoms with van der Waals surface area (Å²) < 4.78 is 11.6. The lowest BCUT2D eigenvalue weighted by molar-refractivity contribution is -0.121. The molecule has 4 rings (SSSR count). The van der Waals surface area contributed by atoms with Gasteiger partial charge in [-0.3, -0.25) is 9.69 Å². The van der Waals surface area contributed by atoms with E-state index in [4.69, 9.17) is 32.4 Å². The van der Waals surface area contributed by atoms with Gasteiger partial charge in [-0.2, -0.15) is 0 Å². The molecule has 3 aromatic rings. The number of aryl methyl sites for hydroxylation is 1. The van der Waals surface area contributed by atoms with Gasteiger partial charge in [0.05, 0.1) is 34.9 Å². The highest BCUT2D eigenvalue weighted by Gasteiger charge is 2.22. The van der Waals surface area contributed by atoms with Crippen LogP contribution in [0.15, 0.2) is 52.9 Å². The molecule has 0 aliphatic carbocycles. The second kappa shape index (κ2) is 11.9. The Hall–Kier alpha value is -2.09. The predicted molar refractivity (Wildman–Crippen MR) is 132 cm³/mol. The number of hydrogen-bond donors (Lipinski definition) is 1. The summed E-state index contributed by atoms with van der Waals surface area (Å²) in [4.78, 5) is 19.3. The number of halogens is 3. The van der Waals surface area contributed by atoms with Crippen LogP contribution >= 0.6 is 35.6 Å². The van der Waals surface area contributed by atoms with Crippen molar-refractivity contribution in [2.24, 2.45) is 0 Å². The molecule has 0 unspecified atom stereocenters. The van der Waals surface area contributed by atoms with Crippen molar-refractivity contribution in [3.63, 3.8) is 0 Å². The van der Waals surface area contributed by atoms with Crippen molar-refractivity contribution >= 4 is 41.5 Å². The van der Waals surface area contributed by atoms with Gasteiger partial charge in [-0.05, 0) is 36.8 Å². The topological polar surface area (TPSA) is 67.6 Å². The van der Waals surface area contributed by atoms with Crippen molar-refractivity contribution in [2.75, 3.05) is 26.2 Å². The molecule has 33 heavy (non-hydrogen) atoms. The van der Waals surface area contributed by atoms with E-state index in [9.17, 15) is 4.79 Å². The fourth-order valence-electron chi connectivity index (χ4n) is 3.68. The van der Waals surface area contributed by atoms with Crippen LogP contribution in [0.2, 0.25) is 10.0 Å². The molecule has 1 aromatic heterocycles. The number of carbonyl (C=O) groups is 1. The Morgan fingerprint density at radius 2 is 1.97 bits per heavy atom. The molecule has 9 heteroatoms. The van der Waals surface area contributed by atoms with Crippen molar-refractivity contribution in [3.8, 4) is 11.5 Å². The van der Waals surface area contributed by atoms with Gasteiger partial charge in [-0.15, -0.1) is 12.4 Å². The Kier molecular flexibility index (Phi) is 9.18. The predicted octanol–water partition coefficient (Wildman–Crippen LogP) is 4.94. The fraction of sp³-hybridized carbons (Fsp3) is 0.333. The maximum absolute atomic E-state index is 12.5. The average Bonchev–Trinajstić information content (AvgIpc) is 3.16. The van der Waals surface area contributed by atoms with Gasteiger partial charge in [0, 0.05) is 31.7 Å². The van der Waals surface area contributed by atoms with Crippen molar-refractivity contribution in [2.45, 2.75) is 26.0 Å². The molecule has 1 aliphatic rings. The fourth-order valence-corrected chi connectivity index (χ4v) is 4.00. The Morgan fingerprint density at radius 1 is 1.18 bits per heavy atom. The normalized spacial score (nSPS) is 16.3. The highest BCUT2D eigenvalue weighted by atomic mass is 35.5. The molecule has 1 aliphatic heterocycles. The number of aromatic nitrogens is 1. The van der Waals surface area contributed by atoms with Gasteiger partial charge in [-0.25, -0.2) is 4.98 Å². The van der Waals surface area contributed by atoms with Crippen LogP contribution in [0.3, 0.4) is 0 Å². The van der Waals surface area contributed by atoms with Crippen LogP contribution < -0.4 is 5.32 Å². The quantitative estimate of drug-likeness (QED) is 0.488. The summed E-state index contributed by atoms with van der Waals surface area (Å²) in [6.07, 6.45) is 0.0933. The number of benzene rings is 2. The third-order valence-electron chi connectivity index (χ3n) is 5.38. The van der Waals surface area contributed by atoms with E-state index in [-0.39, 0.29) is 30.8 Å². The highest BCUT2D eigenvalue weighted by molar-refractivity contribution is 6.42. The lowest BCUT2D eigenvalue weighted by Crippen LogP contribution is -2.47. The van der Waals surface area contributed by atoms with E-state index in [2.05, 4.69) is 15.2 Å². The number of morpholine rings is 1. The molecule has 0 radical (unpaired) electrons. The third-order valence-corrected chi connectivity index (χ3v) is 6.12. The summed E-state index contributed by atoms with van der Waals surface area (Å²) >= 11 is 12.1. The molecule has 2 aromatic carbocycles. The molecule has 0 bridgehead atoms. The maximum Gasteiger partial charge on any atom is 0.226 e. The Bertz CT molecular complexity index is 1080. The van der Waals surface area contributed by atoms with Gasteiger partial charge in [0.1, 0.15) is 5.76 Å². The minimum absolute atomic E-state index is 0. The molecule has 176 valence electrons. The minimum atomic E-state index is -0.105. The lowest BCUT2D eigenvalue weighted by Gasteiger charge is -2.33. The van der Waals surface area contributed by atoms with Crippen LogP contribution in [0.25, 0.3) is 11.5 Å². The molecular formula is C24H26Cl3N3O3. The summed E-state index contributed by atoms with van der Waals surface area (Å²) in [5, 5.41) is 4.07. The van der Waals surface area contributed by atoms with Crippen LogP contribution in [-0.2, 0) is 22.5 Å². The van der Waals surface area contributed by atoms with Crippen LogP contribution in [0, 0.1) is 6.92 Å². The van der Waals surface area contributed by atoms with Crippen molar-refractivity contribution < 1.29 is 13.9 Å². The summed E-state index contributed by atoms with van der Waals surface area (Å²) in [5.74, 6) is 1.08. The summed E-state index contributed by atoms with van der Waals surface area (Å²) in [6, 6.07) is 15.3. The van der Waals surface area contributed by atoms with E-state index >= 15 is 0 Å². The zero-order valence-electron chi connectivity index (χ0n) is 18.2. The van der Waals surface area contributed by atoms with Gasteiger partial charge >= 0.3 is 0 Å². The summed E-state index contributed by atoms with van der Waals surface area (Å²) in [5.41, 5.74) is 2.63. The minimum Gasteiger partial charge on any atom is -0.441 e. The number of oxazole rings is 1. The smallest absolute Gasteiger partial charge is 0.226 e. The summed E-state index contributed by atoms with van der Waals surface area (Å²) in [7, 11) is 0. The van der Waals surface area contributed by atoms with Gasteiger partial charge < -0.3 is 14.5 Å². The zero-order valence-corrected chi connectivity index (χ0v) is 20.6. The molecule has 1 atom stereocenters. The van der Waals surface area contributed by atoms with Crippen molar-refractivity contribution in [3.05, 3.63) is 75.6 Å². The van der Waals surface area contributed by atoms with Crippen molar-refractivity contribution in [1.29, 1.82) is 0 Å². The first-order valence-electron chi connectivity index (χ1n) is 10.5. The number of ether oxygens (including phenoxy) is 1. The number of carbonyl (C=O) groups excluding carboxylic acids is 1. The molecule has 0 spiro atoms. The molecule has 1 N–H and O–H groups in total. The van der Waals surface area contributed by atoms with E-state index in [1.807, 2.05) is 55.5 Å². The molecule has 6 nitrogen and oxygen atoms in total. The standard InChI is InChI=1S/C24H25Cl2N3O3.ClH/c1-16-22(28-24(32-16)18-5-3-2-4-6-18)12-23(30)27-13-19-15-29(9-10-31-19)14-17-7-8-20(25)21(26)11-17;/h2-8,11,19H,9-10,12-15H2,1H3,(H,27,30);1H/t19-;/m0./s1. The average molecular weight is 511 g/mol. The van der Waals surface area contributed by atoms with Crippen LogP contribution in [0.1, 0.15) is 17.0 Å². The Labute approximate surface area is 209 Å². The number of hydrogen-bond acceptors (Lipinski definition) is 5. The van der Waals surface area contributed by atoms with Crippen LogP contribution in [0.5, 0.6) is 0 Å². The molecule has 1 amide bonds. The first-order valence-corrected chi connectivity index (χ1v) is 11.3. The van der Waals surface area contributed by atoms with E-state index in [0.29, 0.717) is 40.5 Å². The molecule has 1 fully saturated rings. The van der Waals surface area contributed by atoms with E-state index < -0.39 is 0 Å². The number of amides is 1. The lowest BCUT2D eigenvalue weighted by atomic mass is 10.2. The Morgan fingerprint density at radius 3 is 2.73 bits per heavy atom. The van der Waals surface area contributed by atoms with Crippen molar-refractivity contribution in [1.82, 2.24) is 15.2 Å². The van der Waals surface area contributed by atoms with Gasteiger partial charge in [-0.1, -0.05) is 47.5 Å². The van der Waals surface area contributed by atoms with E-state index in [1.165, 1.54) is 0 Å². The molecule has 2 heterocycles. The molecular weight excluding hydrogens is 485 g/mol. The maximum atomic E-state index is 12.5. The van der Waals surface area contributed by atoms with Gasteiger partial charge in [0.25, 0.3) is 0 Å². The largest absolute Gasteiger partial charge is 0.441 e. The number of nitrogens with one attached hydrogen (secondary N) is 1. The van der Waals surface area contributed by atoms with E-state index in [1.54, 1.807) is 0 Å². The number of rotatable bonds is 7. The zero-order chi connectivity index (χ0) is 22.5. The van der Waals surface area contributed by atoms with Gasteiger partial charge in [0.2, 0.25) is 11.8 Å². The second-order valence-electron chi connectivity index (χ2n) is 7.85. The monoisotopic (exact) mass is 509 g/mol. The number of nitrogens with zero attached hydrogens (tertiary/aromatic N) is 2. The van der Waals surface area contributed by atoms with E-state index in [0.717, 1.165) is 30.8 Å². The Balaban J connectivity index is 0.00000306. The molecule has 1 saturated heterocycles. The van der Waals surface area contributed by atoms with Gasteiger partial charge in [0.15, 0.2) is 0 Å². The second-order valence-corrected chi connectivity index (χ2v) is 8.66. The first kappa shape index (κ1) is 25.5. The summed E-state index contributed by atoms with van der Waals surface area (Å²) in [6.45, 7) is 5.19. The SMILES string of the molecule is Cc1oc(-c2ccccc2)nc1CC(=O)NC[C@H]1CN(Cc2ccc(Cl)c(Cl)c2)CCO1.Cl. The first-order chi connectivity index (χ1) is 15.5. The van der Waals surface area contributed by atoms with Crippen LogP contribution in [-0.4, -0.2) is 48.1 Å². The molecule has 0 saturated carbocycles. The highest BCUT2D eigenvalue weighted by Crippen LogP contribution is 2.24.